The van der Waals surface area contributed by atoms with Gasteiger partial charge in [0, 0.05) is 12.3 Å². The van der Waals surface area contributed by atoms with Crippen LogP contribution in [0.4, 0.5) is 0 Å². The van der Waals surface area contributed by atoms with E-state index < -0.39 is 15.0 Å². The molecule has 1 fully saturated rings. The van der Waals surface area contributed by atoms with Crippen molar-refractivity contribution in [3.8, 4) is 0 Å². The Kier molecular flexibility index (Phi) is 3.56. The van der Waals surface area contributed by atoms with E-state index in [4.69, 9.17) is 11.6 Å². The van der Waals surface area contributed by atoms with Crippen molar-refractivity contribution in [2.45, 2.75) is 37.1 Å². The molecule has 19 heavy (non-hydrogen) atoms. The van der Waals surface area contributed by atoms with E-state index in [0.717, 1.165) is 0 Å². The molecule has 0 aliphatic heterocycles. The highest BCUT2D eigenvalue weighted by Gasteiger charge is 2.72. The number of aromatic amines is 1. The number of Topliss-reactive ketones (excluding diaryl/α,β-unsaturated/α-hetero) is 1. The topological polar surface area (TPSA) is 62.8 Å². The SMILES string of the molecule is CC1(C)C(=O)C(C)(C)C1(Cl)SSc1nccc(=O)[nH]1. The fraction of sp³-hybridized carbons (Fsp3) is 0.583. The number of ketones is 1. The zero-order chi connectivity index (χ0) is 14.5. The molecule has 7 heteroatoms. The molecular formula is C12H15ClN2O2S2. The van der Waals surface area contributed by atoms with Gasteiger partial charge in [0.25, 0.3) is 5.56 Å². The second-order valence-corrected chi connectivity index (χ2v) is 8.70. The summed E-state index contributed by atoms with van der Waals surface area (Å²) in [6.45, 7) is 7.40. The molecule has 4 nitrogen and oxygen atoms in total. The summed E-state index contributed by atoms with van der Waals surface area (Å²) in [5.74, 6) is 0.151. The van der Waals surface area contributed by atoms with Gasteiger partial charge in [-0.15, -0.1) is 11.6 Å². The van der Waals surface area contributed by atoms with Crippen LogP contribution in [0.5, 0.6) is 0 Å². The maximum Gasteiger partial charge on any atom is 0.251 e. The second-order valence-electron chi connectivity index (χ2n) is 5.58. The molecule has 1 aromatic heterocycles. The van der Waals surface area contributed by atoms with Crippen molar-refractivity contribution in [3.05, 3.63) is 22.6 Å². The van der Waals surface area contributed by atoms with Crippen molar-refractivity contribution in [3.63, 3.8) is 0 Å². The third kappa shape index (κ3) is 2.04. The fourth-order valence-corrected chi connectivity index (χ4v) is 6.07. The van der Waals surface area contributed by atoms with Gasteiger partial charge in [-0.1, -0.05) is 38.5 Å². The lowest BCUT2D eigenvalue weighted by Crippen LogP contribution is -2.69. The molecule has 0 atom stereocenters. The Morgan fingerprint density at radius 2 is 1.79 bits per heavy atom. The van der Waals surface area contributed by atoms with E-state index >= 15 is 0 Å². The van der Waals surface area contributed by atoms with Crippen molar-refractivity contribution >= 4 is 39.0 Å². The highest BCUT2D eigenvalue weighted by molar-refractivity contribution is 8.77. The minimum absolute atomic E-state index is 0.151. The van der Waals surface area contributed by atoms with Crippen LogP contribution < -0.4 is 5.56 Å². The Balaban J connectivity index is 2.19. The maximum absolute atomic E-state index is 12.1. The van der Waals surface area contributed by atoms with E-state index in [1.807, 2.05) is 27.7 Å². The minimum Gasteiger partial charge on any atom is -0.301 e. The van der Waals surface area contributed by atoms with Gasteiger partial charge in [-0.05, 0) is 10.8 Å². The lowest BCUT2D eigenvalue weighted by atomic mass is 9.54. The maximum atomic E-state index is 12.1. The highest BCUT2D eigenvalue weighted by Crippen LogP contribution is 2.70. The number of hydrogen-bond donors (Lipinski definition) is 1. The molecule has 0 bridgehead atoms. The minimum atomic E-state index is -0.726. The first-order valence-corrected chi connectivity index (χ1v) is 8.30. The summed E-state index contributed by atoms with van der Waals surface area (Å²) in [4.78, 5) is 30.0. The van der Waals surface area contributed by atoms with Gasteiger partial charge >= 0.3 is 0 Å². The standard InChI is InChI=1S/C12H15ClN2O2S2/c1-10(2)8(17)11(3,4)12(10,13)19-18-9-14-6-5-7(16)15-9/h5-6H,1-4H3,(H,14,15,16). The third-order valence-corrected chi connectivity index (χ3v) is 8.25. The Hall–Kier alpha value is -0.460. The van der Waals surface area contributed by atoms with Gasteiger partial charge in [0.2, 0.25) is 0 Å². The normalized spacial score (nSPS) is 22.9. The number of aromatic nitrogens is 2. The number of nitrogens with one attached hydrogen (secondary N) is 1. The molecule has 1 aliphatic rings. The van der Waals surface area contributed by atoms with Crippen LogP contribution in [0.1, 0.15) is 27.7 Å². The van der Waals surface area contributed by atoms with E-state index in [-0.39, 0.29) is 11.3 Å². The van der Waals surface area contributed by atoms with Crippen molar-refractivity contribution in [2.24, 2.45) is 10.8 Å². The first kappa shape index (κ1) is 14.9. The lowest BCUT2D eigenvalue weighted by molar-refractivity contribution is -0.153. The quantitative estimate of drug-likeness (QED) is 0.527. The zero-order valence-corrected chi connectivity index (χ0v) is 13.5. The fourth-order valence-electron chi connectivity index (χ4n) is 2.49. The second kappa shape index (κ2) is 4.53. The molecule has 2 rings (SSSR count). The van der Waals surface area contributed by atoms with E-state index in [1.165, 1.54) is 33.9 Å². The molecule has 0 unspecified atom stereocenters. The average Bonchev–Trinajstić information content (AvgIpc) is 2.34. The van der Waals surface area contributed by atoms with Crippen LogP contribution in [-0.2, 0) is 4.79 Å². The summed E-state index contributed by atoms with van der Waals surface area (Å²) < 4.78 is -0.726. The number of alkyl halides is 1. The molecule has 1 N–H and O–H groups in total. The van der Waals surface area contributed by atoms with E-state index in [2.05, 4.69) is 9.97 Å². The third-order valence-electron chi connectivity index (χ3n) is 3.63. The van der Waals surface area contributed by atoms with Gasteiger partial charge in [0.15, 0.2) is 5.16 Å². The van der Waals surface area contributed by atoms with Gasteiger partial charge in [0.05, 0.1) is 10.8 Å². The summed E-state index contributed by atoms with van der Waals surface area (Å²) in [6, 6.07) is 1.35. The van der Waals surface area contributed by atoms with Crippen LogP contribution in [0.15, 0.2) is 22.2 Å². The van der Waals surface area contributed by atoms with Gasteiger partial charge in [-0.3, -0.25) is 9.59 Å². The molecule has 1 heterocycles. The molecule has 0 spiro atoms. The van der Waals surface area contributed by atoms with Crippen LogP contribution in [0, 0.1) is 10.8 Å². The van der Waals surface area contributed by atoms with Gasteiger partial charge in [-0.2, -0.15) is 0 Å². The molecule has 1 saturated carbocycles. The first-order valence-electron chi connectivity index (χ1n) is 5.78. The van der Waals surface area contributed by atoms with E-state index in [1.54, 1.807) is 0 Å². The Morgan fingerprint density at radius 1 is 1.21 bits per heavy atom. The smallest absolute Gasteiger partial charge is 0.251 e. The van der Waals surface area contributed by atoms with Gasteiger partial charge in [-0.25, -0.2) is 4.98 Å². The number of rotatable bonds is 3. The Morgan fingerprint density at radius 3 is 2.32 bits per heavy atom. The molecule has 0 aromatic carbocycles. The summed E-state index contributed by atoms with van der Waals surface area (Å²) in [5.41, 5.74) is -1.42. The summed E-state index contributed by atoms with van der Waals surface area (Å²) in [6.07, 6.45) is 1.45. The zero-order valence-electron chi connectivity index (χ0n) is 11.1. The number of H-pyrrole nitrogens is 1. The number of halogens is 1. The molecule has 104 valence electrons. The van der Waals surface area contributed by atoms with Gasteiger partial charge in [0.1, 0.15) is 9.99 Å². The van der Waals surface area contributed by atoms with Crippen molar-refractivity contribution in [2.75, 3.05) is 0 Å². The van der Waals surface area contributed by atoms with Crippen LogP contribution in [0.25, 0.3) is 0 Å². The first-order chi connectivity index (χ1) is 8.63. The lowest BCUT2D eigenvalue weighted by Gasteiger charge is -2.60. The predicted molar refractivity (Wildman–Crippen MR) is 79.5 cm³/mol. The average molecular weight is 319 g/mol. The monoisotopic (exact) mass is 318 g/mol. The Labute approximate surface area is 124 Å². The van der Waals surface area contributed by atoms with Crippen molar-refractivity contribution < 1.29 is 4.79 Å². The highest BCUT2D eigenvalue weighted by atomic mass is 35.5. The molecule has 1 aliphatic carbocycles. The summed E-state index contributed by atoms with van der Waals surface area (Å²) in [7, 11) is 2.66. The Bertz CT molecular complexity index is 565. The molecular weight excluding hydrogens is 304 g/mol. The molecule has 1 aromatic rings. The van der Waals surface area contributed by atoms with E-state index in [0.29, 0.717) is 5.16 Å². The largest absolute Gasteiger partial charge is 0.301 e. The molecule has 0 saturated heterocycles. The number of nitrogens with zero attached hydrogens (tertiary/aromatic N) is 1. The van der Waals surface area contributed by atoms with E-state index in [9.17, 15) is 9.59 Å². The van der Waals surface area contributed by atoms with Crippen LogP contribution in [-0.4, -0.2) is 20.0 Å². The number of hydrogen-bond acceptors (Lipinski definition) is 5. The number of carbonyl (C=O) groups excluding carboxylic acids is 1. The van der Waals surface area contributed by atoms with Crippen molar-refractivity contribution in [1.29, 1.82) is 0 Å². The van der Waals surface area contributed by atoms with Crippen LogP contribution >= 0.6 is 33.2 Å². The molecule has 0 radical (unpaired) electrons. The van der Waals surface area contributed by atoms with Crippen molar-refractivity contribution in [1.82, 2.24) is 9.97 Å². The van der Waals surface area contributed by atoms with Crippen LogP contribution in [0.3, 0.4) is 0 Å². The summed E-state index contributed by atoms with van der Waals surface area (Å²) in [5, 5.41) is 0.489. The van der Waals surface area contributed by atoms with Crippen LogP contribution in [0.2, 0.25) is 0 Å². The summed E-state index contributed by atoms with van der Waals surface area (Å²) >= 11 is 6.68. The number of carbonyl (C=O) groups is 1. The van der Waals surface area contributed by atoms with Gasteiger partial charge < -0.3 is 4.98 Å². The molecule has 0 amide bonds. The predicted octanol–water partition coefficient (Wildman–Crippen LogP) is 3.08.